The van der Waals surface area contributed by atoms with Crippen LogP contribution in [0.1, 0.15) is 38.3 Å². The molecule has 1 saturated heterocycles. The van der Waals surface area contributed by atoms with Gasteiger partial charge in [0.1, 0.15) is 45.7 Å². The lowest BCUT2D eigenvalue weighted by Gasteiger charge is -2.28. The minimum atomic E-state index is -3.50. The van der Waals surface area contributed by atoms with Gasteiger partial charge in [0.05, 0.1) is 20.3 Å². The van der Waals surface area contributed by atoms with Crippen molar-refractivity contribution in [3.8, 4) is 11.5 Å². The van der Waals surface area contributed by atoms with Crippen LogP contribution in [0.2, 0.25) is 0 Å². The summed E-state index contributed by atoms with van der Waals surface area (Å²) in [7, 11) is -1.95. The summed E-state index contributed by atoms with van der Waals surface area (Å²) in [5.74, 6) is 0.180. The molecule has 0 saturated carbocycles. The molecule has 2 heterocycles. The Morgan fingerprint density at radius 1 is 1.42 bits per heavy atom. The van der Waals surface area contributed by atoms with Gasteiger partial charge in [-0.3, -0.25) is 4.79 Å². The van der Waals surface area contributed by atoms with Crippen molar-refractivity contribution in [1.82, 2.24) is 4.31 Å². The monoisotopic (exact) mass is 383 g/mol. The van der Waals surface area contributed by atoms with E-state index in [9.17, 15) is 13.6 Å². The SMILES string of the molecule is CCCC[S+](=O)([O-])N1C[C@@H](C(=O)OCC)[C@@H]2Oc3cc(OC)ccc3[C@@H]21. The zero-order valence-electron chi connectivity index (χ0n) is 15.3. The second-order valence-electron chi connectivity index (χ2n) is 6.53. The molecule has 4 atom stereocenters. The molecule has 2 aliphatic rings. The number of carbonyl (C=O) groups excluding carboxylic acids is 1. The highest BCUT2D eigenvalue weighted by Crippen LogP contribution is 2.50. The number of ether oxygens (including phenoxy) is 3. The van der Waals surface area contributed by atoms with Crippen LogP contribution in [-0.2, 0) is 24.1 Å². The average molecular weight is 383 g/mol. The second kappa shape index (κ2) is 7.54. The molecule has 26 heavy (non-hydrogen) atoms. The van der Waals surface area contributed by atoms with Crippen LogP contribution in [0.15, 0.2) is 18.2 Å². The third-order valence-electron chi connectivity index (χ3n) is 4.90. The van der Waals surface area contributed by atoms with Crippen molar-refractivity contribution in [3.05, 3.63) is 23.8 Å². The summed E-state index contributed by atoms with van der Waals surface area (Å²) in [4.78, 5) is 12.4. The van der Waals surface area contributed by atoms with Crippen molar-refractivity contribution < 1.29 is 27.8 Å². The number of esters is 1. The van der Waals surface area contributed by atoms with Crippen LogP contribution in [0.4, 0.5) is 0 Å². The summed E-state index contributed by atoms with van der Waals surface area (Å²) in [5, 5.41) is 0. The van der Waals surface area contributed by atoms with E-state index in [0.717, 1.165) is 12.0 Å². The molecule has 144 valence electrons. The van der Waals surface area contributed by atoms with Crippen molar-refractivity contribution in [3.63, 3.8) is 0 Å². The number of methoxy groups -OCH3 is 1. The fourth-order valence-corrected chi connectivity index (χ4v) is 5.45. The van der Waals surface area contributed by atoms with E-state index in [1.165, 1.54) is 4.31 Å². The van der Waals surface area contributed by atoms with E-state index in [2.05, 4.69) is 0 Å². The predicted molar refractivity (Wildman–Crippen MR) is 95.6 cm³/mol. The minimum Gasteiger partial charge on any atom is -0.598 e. The van der Waals surface area contributed by atoms with Crippen LogP contribution in [0.5, 0.6) is 11.5 Å². The molecule has 0 aliphatic carbocycles. The number of rotatable bonds is 7. The normalized spacial score (nSPS) is 26.5. The van der Waals surface area contributed by atoms with Gasteiger partial charge in [-0.25, -0.2) is 0 Å². The Morgan fingerprint density at radius 3 is 2.85 bits per heavy atom. The van der Waals surface area contributed by atoms with E-state index in [1.807, 2.05) is 13.0 Å². The molecule has 3 rings (SSSR count). The summed E-state index contributed by atoms with van der Waals surface area (Å²) in [6.45, 7) is 4.01. The van der Waals surface area contributed by atoms with Crippen molar-refractivity contribution in [2.24, 2.45) is 5.92 Å². The minimum absolute atomic E-state index is 0.0632. The number of sulfonamides is 1. The van der Waals surface area contributed by atoms with E-state index in [1.54, 1.807) is 26.2 Å². The molecule has 7 nitrogen and oxygen atoms in total. The van der Waals surface area contributed by atoms with Gasteiger partial charge in [0.15, 0.2) is 0 Å². The molecule has 1 aromatic rings. The topological polar surface area (TPSA) is 88.1 Å². The first kappa shape index (κ1) is 19.1. The summed E-state index contributed by atoms with van der Waals surface area (Å²) < 4.78 is 43.6. The molecular formula is C18H25NO6S. The Balaban J connectivity index is 1.96. The number of hydrogen-bond donors (Lipinski definition) is 0. The van der Waals surface area contributed by atoms with Crippen molar-refractivity contribution in [1.29, 1.82) is 0 Å². The zero-order chi connectivity index (χ0) is 18.9. The van der Waals surface area contributed by atoms with E-state index >= 15 is 0 Å². The van der Waals surface area contributed by atoms with Crippen LogP contribution in [0, 0.1) is 5.92 Å². The third kappa shape index (κ3) is 3.33. The second-order valence-corrected chi connectivity index (χ2v) is 8.57. The molecule has 0 N–H and O–H groups in total. The first-order chi connectivity index (χ1) is 12.4. The fraction of sp³-hybridized carbons (Fsp3) is 0.611. The molecule has 1 fully saturated rings. The summed E-state index contributed by atoms with van der Waals surface area (Å²) >= 11 is 0. The first-order valence-corrected chi connectivity index (χ1v) is 10.5. The van der Waals surface area contributed by atoms with Crippen LogP contribution in [0.25, 0.3) is 0 Å². The molecule has 1 unspecified atom stereocenters. The van der Waals surface area contributed by atoms with Crippen LogP contribution in [-0.4, -0.2) is 46.9 Å². The Bertz CT molecular complexity index is 724. The summed E-state index contributed by atoms with van der Waals surface area (Å²) in [6, 6.07) is 4.81. The van der Waals surface area contributed by atoms with E-state index in [-0.39, 0.29) is 18.9 Å². The lowest BCUT2D eigenvalue weighted by molar-refractivity contribution is -0.149. The number of unbranched alkanes of at least 4 members (excludes halogenated alkanes) is 1. The van der Waals surface area contributed by atoms with Crippen LogP contribution < -0.4 is 9.47 Å². The lowest BCUT2D eigenvalue weighted by Crippen LogP contribution is -2.39. The van der Waals surface area contributed by atoms with Gasteiger partial charge in [0, 0.05) is 11.6 Å². The van der Waals surface area contributed by atoms with Gasteiger partial charge in [0.25, 0.3) is 0 Å². The number of benzene rings is 1. The molecule has 0 radical (unpaired) electrons. The molecule has 0 amide bonds. The smallest absolute Gasteiger partial charge is 0.314 e. The third-order valence-corrected chi connectivity index (χ3v) is 6.79. The Morgan fingerprint density at radius 2 is 2.19 bits per heavy atom. The van der Waals surface area contributed by atoms with Gasteiger partial charge in [-0.2, -0.15) is 0 Å². The van der Waals surface area contributed by atoms with Gasteiger partial charge < -0.3 is 18.8 Å². The Kier molecular flexibility index (Phi) is 5.55. The van der Waals surface area contributed by atoms with E-state index in [4.69, 9.17) is 14.2 Å². The van der Waals surface area contributed by atoms with Crippen molar-refractivity contribution >= 4 is 16.4 Å². The molecule has 0 bridgehead atoms. The lowest BCUT2D eigenvalue weighted by atomic mass is 9.99. The number of nitrogens with zero attached hydrogens (tertiary/aromatic N) is 1. The van der Waals surface area contributed by atoms with Crippen LogP contribution >= 0.6 is 0 Å². The number of hydrogen-bond acceptors (Lipinski definition) is 6. The summed E-state index contributed by atoms with van der Waals surface area (Å²) in [6.07, 6.45) is 0.788. The highest BCUT2D eigenvalue weighted by Gasteiger charge is 2.58. The van der Waals surface area contributed by atoms with Gasteiger partial charge in [-0.1, -0.05) is 17.6 Å². The summed E-state index contributed by atoms with van der Waals surface area (Å²) in [5.41, 5.74) is 0.766. The first-order valence-electron chi connectivity index (χ1n) is 8.93. The fourth-order valence-electron chi connectivity index (χ4n) is 3.60. The zero-order valence-corrected chi connectivity index (χ0v) is 16.1. The molecule has 0 spiro atoms. The van der Waals surface area contributed by atoms with Crippen LogP contribution in [0.3, 0.4) is 0 Å². The quantitative estimate of drug-likeness (QED) is 0.530. The van der Waals surface area contributed by atoms with Gasteiger partial charge in [-0.05, 0) is 25.5 Å². The molecule has 1 aromatic carbocycles. The van der Waals surface area contributed by atoms with E-state index in [0.29, 0.717) is 17.9 Å². The molecule has 0 aromatic heterocycles. The Labute approximate surface area is 155 Å². The maximum absolute atomic E-state index is 12.9. The predicted octanol–water partition coefficient (Wildman–Crippen LogP) is 2.34. The standard InChI is InChI=1S/C18H25NO6S/c1-4-6-9-26(21,22)19-11-14(18(20)24-5-2)17-16(19)13-8-7-12(23-3)10-15(13)25-17/h7-8,10,14,16-17H,4-6,9,11H2,1-3H3/t14-,16+,17+/m1/s1. The number of fused-ring (bicyclic) bond motifs is 3. The highest BCUT2D eigenvalue weighted by atomic mass is 32.3. The Hall–Kier alpha value is -1.64. The molecule has 8 heteroatoms. The average Bonchev–Trinajstić information content (AvgIpc) is 3.16. The maximum Gasteiger partial charge on any atom is 0.314 e. The van der Waals surface area contributed by atoms with Crippen molar-refractivity contribution in [2.45, 2.75) is 38.8 Å². The molecular weight excluding hydrogens is 358 g/mol. The molecule has 2 aliphatic heterocycles. The van der Waals surface area contributed by atoms with E-state index < -0.39 is 34.4 Å². The maximum atomic E-state index is 12.9. The number of carbonyl (C=O) groups is 1. The largest absolute Gasteiger partial charge is 0.598 e. The van der Waals surface area contributed by atoms with Gasteiger partial charge in [0.2, 0.25) is 0 Å². The van der Waals surface area contributed by atoms with Gasteiger partial charge >= 0.3 is 5.97 Å². The van der Waals surface area contributed by atoms with Crippen molar-refractivity contribution in [2.75, 3.05) is 26.0 Å². The van der Waals surface area contributed by atoms with Gasteiger partial charge in [-0.15, -0.1) is 4.31 Å². The highest BCUT2D eigenvalue weighted by molar-refractivity contribution is 7.95.